The molecule has 0 atom stereocenters. The molecule has 0 spiro atoms. The Morgan fingerprint density at radius 1 is 0.828 bits per heavy atom. The minimum absolute atomic E-state index is 0.214. The Hall–Kier alpha value is -3.48. The molecule has 0 aromatic heterocycles. The van der Waals surface area contributed by atoms with Crippen molar-refractivity contribution in [1.29, 1.82) is 0 Å². The lowest BCUT2D eigenvalue weighted by Crippen LogP contribution is -2.34. The summed E-state index contributed by atoms with van der Waals surface area (Å²) in [5.41, 5.74) is 1.44. The Balaban J connectivity index is 1.55. The summed E-state index contributed by atoms with van der Waals surface area (Å²) in [6, 6.07) is 13.3. The van der Waals surface area contributed by atoms with Gasteiger partial charge in [0.15, 0.2) is 0 Å². The quantitative estimate of drug-likeness (QED) is 0.531. The van der Waals surface area contributed by atoms with Crippen molar-refractivity contribution in [2.45, 2.75) is 19.8 Å². The van der Waals surface area contributed by atoms with Crippen molar-refractivity contribution in [2.24, 2.45) is 0 Å². The van der Waals surface area contributed by atoms with Crippen LogP contribution in [0.15, 0.2) is 48.5 Å². The van der Waals surface area contributed by atoms with Crippen molar-refractivity contribution in [3.05, 3.63) is 70.8 Å². The molecule has 1 aliphatic heterocycles. The summed E-state index contributed by atoms with van der Waals surface area (Å²) >= 11 is 0. The SMILES string of the molecule is CCCCN1C(=O)c2ccc(C(=O)NCCNC(=O)c3ccccc3)cc2C1=O. The van der Waals surface area contributed by atoms with Crippen molar-refractivity contribution in [2.75, 3.05) is 19.6 Å². The van der Waals surface area contributed by atoms with Crippen LogP contribution in [0.25, 0.3) is 0 Å². The minimum Gasteiger partial charge on any atom is -0.350 e. The molecule has 2 aromatic rings. The smallest absolute Gasteiger partial charge is 0.261 e. The molecule has 1 aliphatic rings. The molecule has 3 rings (SSSR count). The zero-order chi connectivity index (χ0) is 20.8. The fourth-order valence-corrected chi connectivity index (χ4v) is 3.10. The van der Waals surface area contributed by atoms with Crippen LogP contribution in [-0.4, -0.2) is 48.2 Å². The third-order valence-electron chi connectivity index (χ3n) is 4.70. The average molecular weight is 393 g/mol. The molecule has 7 nitrogen and oxygen atoms in total. The van der Waals surface area contributed by atoms with E-state index in [0.29, 0.717) is 23.2 Å². The van der Waals surface area contributed by atoms with Crippen molar-refractivity contribution in [1.82, 2.24) is 15.5 Å². The Kier molecular flexibility index (Phi) is 6.39. The molecule has 2 aromatic carbocycles. The molecule has 1 heterocycles. The highest BCUT2D eigenvalue weighted by atomic mass is 16.2. The molecule has 150 valence electrons. The standard InChI is InChI=1S/C22H23N3O4/c1-2-3-13-25-21(28)17-10-9-16(14-18(17)22(25)29)20(27)24-12-11-23-19(26)15-7-5-4-6-8-15/h4-10,14H,2-3,11-13H2,1H3,(H,23,26)(H,24,27). The van der Waals surface area contributed by atoms with Gasteiger partial charge in [-0.2, -0.15) is 0 Å². The number of fused-ring (bicyclic) bond motifs is 1. The van der Waals surface area contributed by atoms with Crippen LogP contribution in [0, 0.1) is 0 Å². The lowest BCUT2D eigenvalue weighted by atomic mass is 10.1. The lowest BCUT2D eigenvalue weighted by molar-refractivity contribution is 0.0651. The zero-order valence-corrected chi connectivity index (χ0v) is 16.2. The van der Waals surface area contributed by atoms with Crippen molar-refractivity contribution in [3.8, 4) is 0 Å². The maximum Gasteiger partial charge on any atom is 0.261 e. The Morgan fingerprint density at radius 2 is 1.45 bits per heavy atom. The van der Waals surface area contributed by atoms with Gasteiger partial charge in [-0.05, 0) is 36.8 Å². The first-order valence-electron chi connectivity index (χ1n) is 9.64. The second-order valence-electron chi connectivity index (χ2n) is 6.75. The zero-order valence-electron chi connectivity index (χ0n) is 16.2. The second-order valence-corrected chi connectivity index (χ2v) is 6.75. The Morgan fingerprint density at radius 3 is 2.10 bits per heavy atom. The van der Waals surface area contributed by atoms with Crippen LogP contribution in [0.5, 0.6) is 0 Å². The Bertz CT molecular complexity index is 940. The number of carbonyl (C=O) groups is 4. The van der Waals surface area contributed by atoms with Crippen LogP contribution in [0.4, 0.5) is 0 Å². The molecule has 0 saturated carbocycles. The molecular formula is C22H23N3O4. The number of nitrogens with one attached hydrogen (secondary N) is 2. The molecule has 0 fully saturated rings. The summed E-state index contributed by atoms with van der Waals surface area (Å²) in [5, 5.41) is 5.43. The maximum atomic E-state index is 12.5. The van der Waals surface area contributed by atoms with Gasteiger partial charge in [0.25, 0.3) is 23.6 Å². The number of amides is 4. The first-order valence-corrected chi connectivity index (χ1v) is 9.64. The lowest BCUT2D eigenvalue weighted by Gasteiger charge is -2.12. The van der Waals surface area contributed by atoms with Gasteiger partial charge in [-0.25, -0.2) is 0 Å². The van der Waals surface area contributed by atoms with Crippen LogP contribution >= 0.6 is 0 Å². The fourth-order valence-electron chi connectivity index (χ4n) is 3.10. The highest BCUT2D eigenvalue weighted by Crippen LogP contribution is 2.24. The van der Waals surface area contributed by atoms with Crippen molar-refractivity contribution < 1.29 is 19.2 Å². The summed E-state index contributed by atoms with van der Waals surface area (Å²) in [4.78, 5) is 50.4. The van der Waals surface area contributed by atoms with Crippen LogP contribution in [-0.2, 0) is 0 Å². The van der Waals surface area contributed by atoms with Crippen molar-refractivity contribution >= 4 is 23.6 Å². The average Bonchev–Trinajstić information content (AvgIpc) is 2.99. The molecule has 0 bridgehead atoms. The third kappa shape index (κ3) is 4.51. The highest BCUT2D eigenvalue weighted by molar-refractivity contribution is 6.22. The minimum atomic E-state index is -0.367. The predicted molar refractivity (Wildman–Crippen MR) is 108 cm³/mol. The van der Waals surface area contributed by atoms with Gasteiger partial charge in [-0.3, -0.25) is 24.1 Å². The van der Waals surface area contributed by atoms with E-state index in [9.17, 15) is 19.2 Å². The number of hydrogen-bond donors (Lipinski definition) is 2. The molecule has 29 heavy (non-hydrogen) atoms. The summed E-state index contributed by atoms with van der Waals surface area (Å²) in [5.74, 6) is -1.25. The van der Waals surface area contributed by atoms with Crippen LogP contribution < -0.4 is 10.6 Å². The van der Waals surface area contributed by atoms with Gasteiger partial charge in [0.1, 0.15) is 0 Å². The Labute approximate surface area is 169 Å². The van der Waals surface area contributed by atoms with Gasteiger partial charge < -0.3 is 10.6 Å². The number of imide groups is 1. The van der Waals surface area contributed by atoms with E-state index in [1.54, 1.807) is 24.3 Å². The van der Waals surface area contributed by atoms with Crippen LogP contribution in [0.2, 0.25) is 0 Å². The number of rotatable bonds is 8. The summed E-state index contributed by atoms with van der Waals surface area (Å²) in [6.07, 6.45) is 1.62. The van der Waals surface area contributed by atoms with Gasteiger partial charge in [0.05, 0.1) is 11.1 Å². The molecule has 0 aliphatic carbocycles. The van der Waals surface area contributed by atoms with Gasteiger partial charge in [-0.1, -0.05) is 31.5 Å². The third-order valence-corrected chi connectivity index (χ3v) is 4.70. The van der Waals surface area contributed by atoms with E-state index in [4.69, 9.17) is 0 Å². The topological polar surface area (TPSA) is 95.6 Å². The first kappa shape index (κ1) is 20.3. The van der Waals surface area contributed by atoms with Crippen LogP contribution in [0.1, 0.15) is 61.2 Å². The van der Waals surface area contributed by atoms with E-state index in [1.165, 1.54) is 23.1 Å². The molecule has 0 radical (unpaired) electrons. The van der Waals surface area contributed by atoms with Crippen molar-refractivity contribution in [3.63, 3.8) is 0 Å². The second kappa shape index (κ2) is 9.14. The monoisotopic (exact) mass is 393 g/mol. The molecular weight excluding hydrogens is 370 g/mol. The van der Waals surface area contributed by atoms with Gasteiger partial charge in [0, 0.05) is 30.8 Å². The number of nitrogens with zero attached hydrogens (tertiary/aromatic N) is 1. The van der Waals surface area contributed by atoms with E-state index in [0.717, 1.165) is 12.8 Å². The maximum absolute atomic E-state index is 12.5. The molecule has 2 N–H and O–H groups in total. The van der Waals surface area contributed by atoms with E-state index >= 15 is 0 Å². The molecule has 4 amide bonds. The van der Waals surface area contributed by atoms with Gasteiger partial charge in [0.2, 0.25) is 0 Å². The van der Waals surface area contributed by atoms with E-state index in [1.807, 2.05) is 13.0 Å². The fraction of sp³-hybridized carbons (Fsp3) is 0.273. The highest BCUT2D eigenvalue weighted by Gasteiger charge is 2.35. The number of carbonyl (C=O) groups excluding carboxylic acids is 4. The number of unbranched alkanes of at least 4 members (excludes halogenated alkanes) is 1. The number of benzene rings is 2. The summed E-state index contributed by atoms with van der Waals surface area (Å²) in [7, 11) is 0. The van der Waals surface area contributed by atoms with E-state index in [2.05, 4.69) is 10.6 Å². The van der Waals surface area contributed by atoms with E-state index in [-0.39, 0.29) is 42.3 Å². The molecule has 0 saturated heterocycles. The summed E-state index contributed by atoms with van der Waals surface area (Å²) in [6.45, 7) is 2.88. The van der Waals surface area contributed by atoms with Gasteiger partial charge in [-0.15, -0.1) is 0 Å². The normalized spacial score (nSPS) is 12.7. The van der Waals surface area contributed by atoms with Gasteiger partial charge >= 0.3 is 0 Å². The predicted octanol–water partition coefficient (Wildman–Crippen LogP) is 2.24. The largest absolute Gasteiger partial charge is 0.350 e. The summed E-state index contributed by atoms with van der Waals surface area (Å²) < 4.78 is 0. The first-order chi connectivity index (χ1) is 14.0. The van der Waals surface area contributed by atoms with Crippen LogP contribution in [0.3, 0.4) is 0 Å². The van der Waals surface area contributed by atoms with E-state index < -0.39 is 0 Å². The number of hydrogen-bond acceptors (Lipinski definition) is 4. The molecule has 7 heteroatoms. The molecule has 0 unspecified atom stereocenters.